The highest BCUT2D eigenvalue weighted by molar-refractivity contribution is 7.12. The van der Waals surface area contributed by atoms with Crippen LogP contribution in [0.15, 0.2) is 11.4 Å². The van der Waals surface area contributed by atoms with E-state index in [0.717, 1.165) is 11.3 Å². The van der Waals surface area contributed by atoms with Crippen molar-refractivity contribution >= 4 is 29.1 Å². The molecule has 2 amide bonds. The van der Waals surface area contributed by atoms with Gasteiger partial charge in [0.25, 0.3) is 5.91 Å². The van der Waals surface area contributed by atoms with Crippen molar-refractivity contribution in [3.63, 3.8) is 0 Å². The summed E-state index contributed by atoms with van der Waals surface area (Å²) in [7, 11) is 0. The van der Waals surface area contributed by atoms with E-state index in [-0.39, 0.29) is 29.1 Å². The van der Waals surface area contributed by atoms with Crippen molar-refractivity contribution in [2.24, 2.45) is 0 Å². The third-order valence-electron chi connectivity index (χ3n) is 4.18. The van der Waals surface area contributed by atoms with E-state index in [0.29, 0.717) is 32.4 Å². The number of likely N-dealkylation sites (tertiary alicyclic amines) is 1. The number of thiophene rings is 1. The highest BCUT2D eigenvalue weighted by atomic mass is 32.1. The highest BCUT2D eigenvalue weighted by Gasteiger charge is 2.29. The van der Waals surface area contributed by atoms with E-state index in [9.17, 15) is 23.2 Å². The molecule has 0 saturated carbocycles. The smallest absolute Gasteiger partial charge is 0.387 e. The lowest BCUT2D eigenvalue weighted by Crippen LogP contribution is -2.43. The fraction of sp³-hybridized carbons (Fsp3) is 0.562. The number of halogens is 2. The van der Waals surface area contributed by atoms with Crippen LogP contribution in [0.1, 0.15) is 35.9 Å². The molecule has 1 unspecified atom stereocenters. The lowest BCUT2D eigenvalue weighted by Gasteiger charge is -2.28. The lowest BCUT2D eigenvalue weighted by atomic mass is 10.1. The van der Waals surface area contributed by atoms with Gasteiger partial charge in [-0.1, -0.05) is 0 Å². The first-order valence-corrected chi connectivity index (χ1v) is 8.98. The van der Waals surface area contributed by atoms with E-state index in [1.54, 1.807) is 0 Å². The predicted octanol–water partition coefficient (Wildman–Crippen LogP) is 2.28. The Morgan fingerprint density at radius 3 is 2.73 bits per heavy atom. The summed E-state index contributed by atoms with van der Waals surface area (Å²) in [5, 5.41) is 10.5. The normalized spacial score (nSPS) is 17.7. The summed E-state index contributed by atoms with van der Waals surface area (Å²) in [5.41, 5.74) is 0. The Morgan fingerprint density at radius 2 is 2.12 bits per heavy atom. The van der Waals surface area contributed by atoms with Gasteiger partial charge in [0.2, 0.25) is 5.91 Å². The highest BCUT2D eigenvalue weighted by Crippen LogP contribution is 2.29. The average molecular weight is 390 g/mol. The van der Waals surface area contributed by atoms with E-state index in [2.05, 4.69) is 4.74 Å². The summed E-state index contributed by atoms with van der Waals surface area (Å²) in [5.74, 6) is -1.97. The number of amides is 2. The number of aliphatic carboxylic acids is 1. The van der Waals surface area contributed by atoms with Crippen LogP contribution in [0.4, 0.5) is 8.78 Å². The molecule has 0 radical (unpaired) electrons. The van der Waals surface area contributed by atoms with Gasteiger partial charge in [0.05, 0.1) is 0 Å². The van der Waals surface area contributed by atoms with Crippen molar-refractivity contribution in [1.82, 2.24) is 9.80 Å². The molecule has 1 atom stereocenters. The third-order valence-corrected chi connectivity index (χ3v) is 5.06. The Balaban J connectivity index is 2.06. The molecular formula is C16H20F2N2O5S. The van der Waals surface area contributed by atoms with Crippen LogP contribution in [-0.4, -0.2) is 65.0 Å². The summed E-state index contributed by atoms with van der Waals surface area (Å²) >= 11 is 1.03. The molecule has 1 saturated heterocycles. The number of carbonyl (C=O) groups excluding carboxylic acids is 2. The van der Waals surface area contributed by atoms with Gasteiger partial charge in [0.1, 0.15) is 17.2 Å². The SMILES string of the molecule is CC(=O)N(CC(=O)O)C1CCCN(C(=O)c2sccc2OC(F)F)CC1. The summed E-state index contributed by atoms with van der Waals surface area (Å²) in [4.78, 5) is 38.3. The van der Waals surface area contributed by atoms with Gasteiger partial charge in [0, 0.05) is 26.1 Å². The van der Waals surface area contributed by atoms with Crippen molar-refractivity contribution < 1.29 is 33.0 Å². The number of rotatable bonds is 6. The van der Waals surface area contributed by atoms with E-state index >= 15 is 0 Å². The average Bonchev–Trinajstić information content (AvgIpc) is 2.86. The fourth-order valence-corrected chi connectivity index (χ4v) is 3.81. The zero-order valence-corrected chi connectivity index (χ0v) is 15.0. The van der Waals surface area contributed by atoms with Crippen LogP contribution in [0.25, 0.3) is 0 Å². The van der Waals surface area contributed by atoms with Gasteiger partial charge < -0.3 is 19.6 Å². The van der Waals surface area contributed by atoms with Crippen molar-refractivity contribution in [2.45, 2.75) is 38.8 Å². The second-order valence-electron chi connectivity index (χ2n) is 5.91. The molecule has 0 aliphatic carbocycles. The monoisotopic (exact) mass is 390 g/mol. The van der Waals surface area contributed by atoms with Crippen LogP contribution < -0.4 is 4.74 Å². The zero-order valence-electron chi connectivity index (χ0n) is 14.2. The number of alkyl halides is 2. The fourth-order valence-electron chi connectivity index (χ4n) is 3.02. The number of carbonyl (C=O) groups is 3. The molecule has 1 fully saturated rings. The second-order valence-corrected chi connectivity index (χ2v) is 6.83. The van der Waals surface area contributed by atoms with E-state index in [4.69, 9.17) is 5.11 Å². The molecule has 0 bridgehead atoms. The van der Waals surface area contributed by atoms with Crippen LogP contribution in [0.5, 0.6) is 5.75 Å². The maximum absolute atomic E-state index is 12.6. The molecule has 0 spiro atoms. The van der Waals surface area contributed by atoms with Gasteiger partial charge in [-0.15, -0.1) is 11.3 Å². The van der Waals surface area contributed by atoms with Gasteiger partial charge in [-0.2, -0.15) is 8.78 Å². The molecule has 2 heterocycles. The molecule has 2 rings (SSSR count). The molecule has 7 nitrogen and oxygen atoms in total. The number of carboxylic acids is 1. The van der Waals surface area contributed by atoms with Crippen LogP contribution in [-0.2, 0) is 9.59 Å². The molecule has 0 aromatic carbocycles. The summed E-state index contributed by atoms with van der Waals surface area (Å²) in [6.45, 7) is -1.37. The van der Waals surface area contributed by atoms with Crippen molar-refractivity contribution in [2.75, 3.05) is 19.6 Å². The van der Waals surface area contributed by atoms with E-state index < -0.39 is 18.5 Å². The van der Waals surface area contributed by atoms with Crippen molar-refractivity contribution in [3.8, 4) is 5.75 Å². The molecular weight excluding hydrogens is 370 g/mol. The quantitative estimate of drug-likeness (QED) is 0.805. The summed E-state index contributed by atoms with van der Waals surface area (Å²) < 4.78 is 29.3. The van der Waals surface area contributed by atoms with Gasteiger partial charge >= 0.3 is 12.6 Å². The summed E-state index contributed by atoms with van der Waals surface area (Å²) in [6.07, 6.45) is 1.58. The van der Waals surface area contributed by atoms with Gasteiger partial charge in [-0.3, -0.25) is 14.4 Å². The molecule has 1 N–H and O–H groups in total. The number of nitrogens with zero attached hydrogens (tertiary/aromatic N) is 2. The van der Waals surface area contributed by atoms with Crippen molar-refractivity contribution in [3.05, 3.63) is 16.3 Å². The number of ether oxygens (including phenoxy) is 1. The lowest BCUT2D eigenvalue weighted by molar-refractivity contribution is -0.145. The van der Waals surface area contributed by atoms with Crippen molar-refractivity contribution in [1.29, 1.82) is 0 Å². The van der Waals surface area contributed by atoms with Gasteiger partial charge in [0.15, 0.2) is 0 Å². The molecule has 1 aromatic heterocycles. The Hall–Kier alpha value is -2.23. The Kier molecular flexibility index (Phi) is 6.90. The maximum atomic E-state index is 12.6. The summed E-state index contributed by atoms with van der Waals surface area (Å²) in [6, 6.07) is 1.05. The number of hydrogen-bond acceptors (Lipinski definition) is 5. The first-order valence-electron chi connectivity index (χ1n) is 8.10. The Bertz CT molecular complexity index is 667. The molecule has 144 valence electrons. The standard InChI is InChI=1S/C16H20F2N2O5S/c1-10(21)20(9-13(22)23)11-3-2-6-19(7-4-11)15(24)14-12(5-8-26-14)25-16(17)18/h5,8,11,16H,2-4,6-7,9H2,1H3,(H,22,23). The largest absolute Gasteiger partial charge is 0.480 e. The Labute approximate surface area is 153 Å². The molecule has 10 heteroatoms. The minimum atomic E-state index is -3.01. The second kappa shape index (κ2) is 8.93. The number of carboxylic acid groups (broad SMARTS) is 1. The maximum Gasteiger partial charge on any atom is 0.387 e. The third kappa shape index (κ3) is 5.13. The first-order chi connectivity index (χ1) is 12.3. The minimum absolute atomic E-state index is 0.109. The first kappa shape index (κ1) is 20.1. The van der Waals surface area contributed by atoms with Gasteiger partial charge in [-0.25, -0.2) is 0 Å². The van der Waals surface area contributed by atoms with E-state index in [1.807, 2.05) is 0 Å². The minimum Gasteiger partial charge on any atom is -0.480 e. The topological polar surface area (TPSA) is 87.2 Å². The van der Waals surface area contributed by atoms with Crippen LogP contribution in [0, 0.1) is 0 Å². The molecule has 1 aliphatic rings. The Morgan fingerprint density at radius 1 is 1.38 bits per heavy atom. The molecule has 1 aliphatic heterocycles. The molecule has 1 aromatic rings. The predicted molar refractivity (Wildman–Crippen MR) is 89.5 cm³/mol. The number of hydrogen-bond donors (Lipinski definition) is 1. The van der Waals surface area contributed by atoms with Gasteiger partial charge in [-0.05, 0) is 30.7 Å². The van der Waals surface area contributed by atoms with E-state index in [1.165, 1.54) is 28.2 Å². The molecule has 26 heavy (non-hydrogen) atoms. The van der Waals surface area contributed by atoms with Crippen LogP contribution in [0.3, 0.4) is 0 Å². The zero-order chi connectivity index (χ0) is 19.3. The van der Waals surface area contributed by atoms with Crippen LogP contribution >= 0.6 is 11.3 Å². The van der Waals surface area contributed by atoms with Crippen LogP contribution in [0.2, 0.25) is 0 Å².